The standard InChI is InChI=1S/C21H23N5O/c1-26-14-15(11-19(26)20(27)24-17-9-5-6-10-17)16-12-22-21(23-13-16)25-18-7-3-2-4-8-18/h2-4,7-8,11-14,17H,5-6,9-10H2,1H3,(H,24,27)(H,22,23,25). The van der Waals surface area contributed by atoms with Gasteiger partial charge in [0.1, 0.15) is 5.69 Å². The number of aromatic nitrogens is 3. The minimum atomic E-state index is -0.0149. The van der Waals surface area contributed by atoms with E-state index >= 15 is 0 Å². The average molecular weight is 361 g/mol. The Kier molecular flexibility index (Phi) is 4.87. The maximum absolute atomic E-state index is 12.6. The second-order valence-corrected chi connectivity index (χ2v) is 6.97. The van der Waals surface area contributed by atoms with Gasteiger partial charge in [-0.15, -0.1) is 0 Å². The summed E-state index contributed by atoms with van der Waals surface area (Å²) in [5.41, 5.74) is 3.41. The van der Waals surface area contributed by atoms with Crippen LogP contribution in [0.1, 0.15) is 36.2 Å². The molecule has 1 aliphatic carbocycles. The third-order valence-corrected chi connectivity index (χ3v) is 4.94. The van der Waals surface area contributed by atoms with Crippen molar-refractivity contribution in [3.8, 4) is 11.1 Å². The van der Waals surface area contributed by atoms with Crippen LogP contribution >= 0.6 is 0 Å². The third-order valence-electron chi connectivity index (χ3n) is 4.94. The Hall–Kier alpha value is -3.15. The molecule has 0 saturated heterocycles. The molecule has 2 aromatic heterocycles. The molecular formula is C21H23N5O. The van der Waals surface area contributed by atoms with Gasteiger partial charge in [0, 0.05) is 48.5 Å². The number of aryl methyl sites for hydroxylation is 1. The van der Waals surface area contributed by atoms with Crippen LogP contribution in [0, 0.1) is 0 Å². The van der Waals surface area contributed by atoms with Crippen LogP contribution in [-0.2, 0) is 7.05 Å². The molecule has 2 N–H and O–H groups in total. The first-order valence-electron chi connectivity index (χ1n) is 9.31. The van der Waals surface area contributed by atoms with E-state index < -0.39 is 0 Å². The summed E-state index contributed by atoms with van der Waals surface area (Å²) >= 11 is 0. The van der Waals surface area contributed by atoms with Crippen molar-refractivity contribution in [1.29, 1.82) is 0 Å². The number of hydrogen-bond donors (Lipinski definition) is 2. The quantitative estimate of drug-likeness (QED) is 0.723. The maximum Gasteiger partial charge on any atom is 0.268 e. The van der Waals surface area contributed by atoms with Crippen molar-refractivity contribution in [2.75, 3.05) is 5.32 Å². The Bertz CT molecular complexity index is 912. The van der Waals surface area contributed by atoms with Gasteiger partial charge in [-0.1, -0.05) is 31.0 Å². The van der Waals surface area contributed by atoms with Crippen LogP contribution in [0.25, 0.3) is 11.1 Å². The predicted octanol–water partition coefficient (Wildman–Crippen LogP) is 3.90. The Morgan fingerprint density at radius 3 is 2.48 bits per heavy atom. The topological polar surface area (TPSA) is 71.8 Å². The molecule has 3 aromatic rings. The summed E-state index contributed by atoms with van der Waals surface area (Å²) in [6, 6.07) is 12.0. The number of nitrogens with one attached hydrogen (secondary N) is 2. The van der Waals surface area contributed by atoms with Gasteiger partial charge in [0.2, 0.25) is 5.95 Å². The van der Waals surface area contributed by atoms with Crippen molar-refractivity contribution in [3.63, 3.8) is 0 Å². The fraction of sp³-hybridized carbons (Fsp3) is 0.286. The molecule has 0 bridgehead atoms. The minimum Gasteiger partial charge on any atom is -0.348 e. The number of hydrogen-bond acceptors (Lipinski definition) is 4. The van der Waals surface area contributed by atoms with Gasteiger partial charge in [0.25, 0.3) is 5.91 Å². The molecule has 0 radical (unpaired) electrons. The fourth-order valence-corrected chi connectivity index (χ4v) is 3.47. The van der Waals surface area contributed by atoms with Gasteiger partial charge >= 0.3 is 0 Å². The molecule has 0 aliphatic heterocycles. The van der Waals surface area contributed by atoms with Crippen LogP contribution in [-0.4, -0.2) is 26.5 Å². The Balaban J connectivity index is 1.47. The van der Waals surface area contributed by atoms with Crippen LogP contribution < -0.4 is 10.6 Å². The molecule has 4 rings (SSSR count). The van der Waals surface area contributed by atoms with E-state index in [1.807, 2.05) is 54.2 Å². The van der Waals surface area contributed by atoms with Gasteiger partial charge in [0.15, 0.2) is 0 Å². The molecule has 1 amide bonds. The van der Waals surface area contributed by atoms with Gasteiger partial charge in [-0.2, -0.15) is 0 Å². The lowest BCUT2D eigenvalue weighted by Crippen LogP contribution is -2.33. The summed E-state index contributed by atoms with van der Waals surface area (Å²) in [6.45, 7) is 0. The van der Waals surface area contributed by atoms with E-state index in [-0.39, 0.29) is 5.91 Å². The van der Waals surface area contributed by atoms with E-state index in [9.17, 15) is 4.79 Å². The number of carbonyl (C=O) groups excluding carboxylic acids is 1. The summed E-state index contributed by atoms with van der Waals surface area (Å²) < 4.78 is 1.86. The second-order valence-electron chi connectivity index (χ2n) is 6.97. The molecule has 138 valence electrons. The van der Waals surface area contributed by atoms with E-state index in [2.05, 4.69) is 20.6 Å². The second kappa shape index (κ2) is 7.61. The minimum absolute atomic E-state index is 0.0149. The van der Waals surface area contributed by atoms with Crippen molar-refractivity contribution in [2.24, 2.45) is 7.05 Å². The highest BCUT2D eigenvalue weighted by molar-refractivity contribution is 5.94. The number of anilines is 2. The van der Waals surface area contributed by atoms with E-state index in [1.54, 1.807) is 12.4 Å². The Morgan fingerprint density at radius 2 is 1.78 bits per heavy atom. The molecule has 6 nitrogen and oxygen atoms in total. The summed E-state index contributed by atoms with van der Waals surface area (Å²) in [5.74, 6) is 0.527. The van der Waals surface area contributed by atoms with E-state index in [1.165, 1.54) is 12.8 Å². The number of nitrogens with zero attached hydrogens (tertiary/aromatic N) is 3. The van der Waals surface area contributed by atoms with E-state index in [0.29, 0.717) is 17.7 Å². The summed E-state index contributed by atoms with van der Waals surface area (Å²) in [7, 11) is 1.89. The first kappa shape index (κ1) is 17.3. The zero-order valence-corrected chi connectivity index (χ0v) is 15.4. The van der Waals surface area contributed by atoms with Crippen LogP contribution in [0.2, 0.25) is 0 Å². The average Bonchev–Trinajstić information content (AvgIpc) is 3.33. The summed E-state index contributed by atoms with van der Waals surface area (Å²) in [6.07, 6.45) is 10.0. The van der Waals surface area contributed by atoms with Gasteiger partial charge in [-0.05, 0) is 31.0 Å². The largest absolute Gasteiger partial charge is 0.348 e. The molecule has 0 spiro atoms. The number of amides is 1. The number of rotatable bonds is 5. The molecule has 1 fully saturated rings. The molecule has 0 atom stereocenters. The third kappa shape index (κ3) is 4.00. The first-order valence-corrected chi connectivity index (χ1v) is 9.31. The molecule has 2 heterocycles. The molecule has 1 aromatic carbocycles. The Morgan fingerprint density at radius 1 is 1.07 bits per heavy atom. The van der Waals surface area contributed by atoms with Crippen molar-refractivity contribution >= 4 is 17.5 Å². The van der Waals surface area contributed by atoms with Crippen molar-refractivity contribution in [1.82, 2.24) is 19.9 Å². The van der Waals surface area contributed by atoms with Crippen LogP contribution in [0.5, 0.6) is 0 Å². The molecule has 1 aliphatic rings. The molecule has 6 heteroatoms. The van der Waals surface area contributed by atoms with Crippen molar-refractivity contribution in [3.05, 3.63) is 60.7 Å². The summed E-state index contributed by atoms with van der Waals surface area (Å²) in [4.78, 5) is 21.3. The van der Waals surface area contributed by atoms with Crippen LogP contribution in [0.4, 0.5) is 11.6 Å². The lowest BCUT2D eigenvalue weighted by Gasteiger charge is -2.11. The maximum atomic E-state index is 12.6. The predicted molar refractivity (Wildman–Crippen MR) is 106 cm³/mol. The van der Waals surface area contributed by atoms with E-state index in [0.717, 1.165) is 29.7 Å². The fourth-order valence-electron chi connectivity index (χ4n) is 3.47. The van der Waals surface area contributed by atoms with Gasteiger partial charge in [-0.25, -0.2) is 9.97 Å². The zero-order valence-electron chi connectivity index (χ0n) is 15.4. The summed E-state index contributed by atoms with van der Waals surface area (Å²) in [5, 5.41) is 6.30. The highest BCUT2D eigenvalue weighted by Gasteiger charge is 2.20. The normalized spacial score (nSPS) is 14.3. The smallest absolute Gasteiger partial charge is 0.268 e. The van der Waals surface area contributed by atoms with Crippen molar-refractivity contribution < 1.29 is 4.79 Å². The lowest BCUT2D eigenvalue weighted by atomic mass is 10.2. The van der Waals surface area contributed by atoms with Crippen LogP contribution in [0.3, 0.4) is 0 Å². The number of carbonyl (C=O) groups is 1. The molecule has 27 heavy (non-hydrogen) atoms. The van der Waals surface area contributed by atoms with Gasteiger partial charge < -0.3 is 15.2 Å². The monoisotopic (exact) mass is 361 g/mol. The SMILES string of the molecule is Cn1cc(-c2cnc(Nc3ccccc3)nc2)cc1C(=O)NC1CCCC1. The molecular weight excluding hydrogens is 338 g/mol. The van der Waals surface area contributed by atoms with Crippen LogP contribution in [0.15, 0.2) is 55.0 Å². The lowest BCUT2D eigenvalue weighted by molar-refractivity contribution is 0.0929. The Labute approximate surface area is 158 Å². The highest BCUT2D eigenvalue weighted by Crippen LogP contribution is 2.23. The highest BCUT2D eigenvalue weighted by atomic mass is 16.2. The van der Waals surface area contributed by atoms with E-state index in [4.69, 9.17) is 0 Å². The number of benzene rings is 1. The molecule has 0 unspecified atom stereocenters. The van der Waals surface area contributed by atoms with Gasteiger partial charge in [-0.3, -0.25) is 4.79 Å². The first-order chi connectivity index (χ1) is 13.2. The zero-order chi connectivity index (χ0) is 18.6. The van der Waals surface area contributed by atoms with Crippen molar-refractivity contribution in [2.45, 2.75) is 31.7 Å². The number of para-hydroxylation sites is 1. The van der Waals surface area contributed by atoms with Gasteiger partial charge in [0.05, 0.1) is 0 Å². The molecule has 1 saturated carbocycles.